The first kappa shape index (κ1) is 16.8. The van der Waals surface area contributed by atoms with Gasteiger partial charge in [0, 0.05) is 18.2 Å². The molecule has 0 aliphatic carbocycles. The zero-order valence-electron chi connectivity index (χ0n) is 14.1. The summed E-state index contributed by atoms with van der Waals surface area (Å²) < 4.78 is 11.2. The minimum absolute atomic E-state index is 0.169. The normalized spacial score (nSPS) is 18.2. The second kappa shape index (κ2) is 8.18. The molecule has 2 aromatic rings. The Hall–Kier alpha value is -2.04. The Bertz CT molecular complexity index is 645. The van der Waals surface area contributed by atoms with Crippen molar-refractivity contribution in [1.29, 1.82) is 0 Å². The fourth-order valence-electron chi connectivity index (χ4n) is 3.13. The molecule has 2 aromatic carbocycles. The molecule has 0 saturated heterocycles. The van der Waals surface area contributed by atoms with E-state index in [1.54, 1.807) is 7.11 Å². The van der Waals surface area contributed by atoms with E-state index in [9.17, 15) is 5.11 Å². The Morgan fingerprint density at radius 2 is 2.08 bits per heavy atom. The monoisotopic (exact) mass is 327 g/mol. The summed E-state index contributed by atoms with van der Waals surface area (Å²) in [5, 5.41) is 13.8. The maximum Gasteiger partial charge on any atom is 0.124 e. The largest absolute Gasteiger partial charge is 0.497 e. The first-order valence-electron chi connectivity index (χ1n) is 8.52. The predicted octanol–water partition coefficient (Wildman–Crippen LogP) is 3.10. The molecular formula is C20H25NO3. The summed E-state index contributed by atoms with van der Waals surface area (Å²) in [5.41, 5.74) is 2.26. The van der Waals surface area contributed by atoms with E-state index in [0.29, 0.717) is 13.0 Å². The van der Waals surface area contributed by atoms with Crippen molar-refractivity contribution in [3.8, 4) is 11.5 Å². The number of methoxy groups -OCH3 is 1. The summed E-state index contributed by atoms with van der Waals surface area (Å²) in [4.78, 5) is 0. The highest BCUT2D eigenvalue weighted by Crippen LogP contribution is 2.34. The molecule has 128 valence electrons. The van der Waals surface area contributed by atoms with Crippen molar-refractivity contribution in [3.05, 3.63) is 59.7 Å². The van der Waals surface area contributed by atoms with Crippen molar-refractivity contribution in [2.75, 3.05) is 20.3 Å². The van der Waals surface area contributed by atoms with Crippen LogP contribution in [-0.4, -0.2) is 31.5 Å². The van der Waals surface area contributed by atoms with Crippen LogP contribution in [0.3, 0.4) is 0 Å². The lowest BCUT2D eigenvalue weighted by molar-refractivity contribution is 0.166. The minimum atomic E-state index is -0.411. The zero-order chi connectivity index (χ0) is 16.8. The van der Waals surface area contributed by atoms with Gasteiger partial charge in [-0.05, 0) is 43.0 Å². The van der Waals surface area contributed by atoms with Gasteiger partial charge in [-0.25, -0.2) is 0 Å². The highest BCUT2D eigenvalue weighted by molar-refractivity contribution is 5.42. The number of hydrogen-bond donors (Lipinski definition) is 2. The Balaban J connectivity index is 1.64. The van der Waals surface area contributed by atoms with Gasteiger partial charge in [-0.1, -0.05) is 30.3 Å². The Kier molecular flexibility index (Phi) is 5.72. The quantitative estimate of drug-likeness (QED) is 0.856. The van der Waals surface area contributed by atoms with Crippen LogP contribution < -0.4 is 14.8 Å². The summed E-state index contributed by atoms with van der Waals surface area (Å²) in [6.45, 7) is 1.28. The van der Waals surface area contributed by atoms with Gasteiger partial charge in [0.05, 0.1) is 19.8 Å². The molecule has 2 atom stereocenters. The number of nitrogens with one attached hydrogen (secondary N) is 1. The summed E-state index contributed by atoms with van der Waals surface area (Å²) >= 11 is 0. The molecule has 0 saturated carbocycles. The van der Waals surface area contributed by atoms with E-state index in [4.69, 9.17) is 9.47 Å². The number of benzene rings is 2. The lowest BCUT2D eigenvalue weighted by Crippen LogP contribution is -2.31. The summed E-state index contributed by atoms with van der Waals surface area (Å²) in [6, 6.07) is 16.2. The van der Waals surface area contributed by atoms with Gasteiger partial charge < -0.3 is 19.9 Å². The van der Waals surface area contributed by atoms with E-state index in [1.165, 1.54) is 0 Å². The van der Waals surface area contributed by atoms with Gasteiger partial charge >= 0.3 is 0 Å². The predicted molar refractivity (Wildman–Crippen MR) is 94.6 cm³/mol. The second-order valence-corrected chi connectivity index (χ2v) is 6.20. The third kappa shape index (κ3) is 4.28. The van der Waals surface area contributed by atoms with E-state index in [1.807, 2.05) is 48.5 Å². The maximum absolute atomic E-state index is 10.3. The second-order valence-electron chi connectivity index (χ2n) is 6.20. The van der Waals surface area contributed by atoms with Crippen LogP contribution in [0.25, 0.3) is 0 Å². The smallest absolute Gasteiger partial charge is 0.124 e. The Morgan fingerprint density at radius 1 is 1.25 bits per heavy atom. The van der Waals surface area contributed by atoms with Gasteiger partial charge in [-0.2, -0.15) is 0 Å². The van der Waals surface area contributed by atoms with Gasteiger partial charge in [0.15, 0.2) is 0 Å². The fraction of sp³-hybridized carbons (Fsp3) is 0.400. The lowest BCUT2D eigenvalue weighted by Gasteiger charge is -2.21. The third-order valence-electron chi connectivity index (χ3n) is 4.40. The van der Waals surface area contributed by atoms with Crippen LogP contribution in [0.4, 0.5) is 0 Å². The van der Waals surface area contributed by atoms with E-state index in [0.717, 1.165) is 42.1 Å². The molecule has 1 aliphatic heterocycles. The van der Waals surface area contributed by atoms with Crippen molar-refractivity contribution in [2.24, 2.45) is 0 Å². The van der Waals surface area contributed by atoms with Crippen LogP contribution in [0.5, 0.6) is 11.5 Å². The number of fused-ring (bicyclic) bond motifs is 1. The molecule has 24 heavy (non-hydrogen) atoms. The third-order valence-corrected chi connectivity index (χ3v) is 4.40. The Morgan fingerprint density at radius 3 is 2.88 bits per heavy atom. The molecule has 2 unspecified atom stereocenters. The lowest BCUT2D eigenvalue weighted by atomic mass is 10.0. The highest BCUT2D eigenvalue weighted by Gasteiger charge is 2.21. The highest BCUT2D eigenvalue weighted by atomic mass is 16.5. The van der Waals surface area contributed by atoms with Crippen molar-refractivity contribution in [1.82, 2.24) is 5.32 Å². The molecule has 4 nitrogen and oxygen atoms in total. The fourth-order valence-corrected chi connectivity index (χ4v) is 3.13. The summed E-state index contributed by atoms with van der Waals surface area (Å²) in [7, 11) is 1.67. The van der Waals surface area contributed by atoms with Crippen molar-refractivity contribution in [2.45, 2.75) is 31.4 Å². The van der Waals surface area contributed by atoms with Crippen molar-refractivity contribution in [3.63, 3.8) is 0 Å². The van der Waals surface area contributed by atoms with Gasteiger partial charge in [0.2, 0.25) is 0 Å². The van der Waals surface area contributed by atoms with Gasteiger partial charge in [0.1, 0.15) is 11.5 Å². The van der Waals surface area contributed by atoms with Crippen LogP contribution in [-0.2, 0) is 6.42 Å². The maximum atomic E-state index is 10.3. The molecule has 0 amide bonds. The first-order chi connectivity index (χ1) is 11.8. The molecule has 1 aliphatic rings. The van der Waals surface area contributed by atoms with Gasteiger partial charge in [-0.15, -0.1) is 0 Å². The number of hydrogen-bond acceptors (Lipinski definition) is 4. The molecular weight excluding hydrogens is 302 g/mol. The molecule has 0 spiro atoms. The van der Waals surface area contributed by atoms with E-state index in [-0.39, 0.29) is 6.04 Å². The van der Waals surface area contributed by atoms with E-state index in [2.05, 4.69) is 5.32 Å². The molecule has 0 radical (unpaired) electrons. The molecule has 4 heteroatoms. The van der Waals surface area contributed by atoms with Gasteiger partial charge in [0.25, 0.3) is 0 Å². The molecule has 0 aromatic heterocycles. The molecule has 0 bridgehead atoms. The SMILES string of the molecule is COc1ccc2c(c1)C(NCC(O)Cc1ccccc1)CCCO2. The van der Waals surface area contributed by atoms with Crippen molar-refractivity contribution < 1.29 is 14.6 Å². The summed E-state index contributed by atoms with van der Waals surface area (Å²) in [6.07, 6.45) is 2.22. The van der Waals surface area contributed by atoms with Crippen molar-refractivity contribution >= 4 is 0 Å². The zero-order valence-corrected chi connectivity index (χ0v) is 14.1. The van der Waals surface area contributed by atoms with E-state index < -0.39 is 6.10 Å². The summed E-state index contributed by atoms with van der Waals surface area (Å²) in [5.74, 6) is 1.74. The number of rotatable bonds is 6. The van der Waals surface area contributed by atoms with Crippen LogP contribution in [0.2, 0.25) is 0 Å². The van der Waals surface area contributed by atoms with E-state index >= 15 is 0 Å². The standard InChI is InChI=1S/C20H25NO3/c1-23-17-9-10-20-18(13-17)19(8-5-11-24-20)21-14-16(22)12-15-6-3-2-4-7-15/h2-4,6-7,9-10,13,16,19,21-22H,5,8,11-12,14H2,1H3. The molecule has 3 rings (SSSR count). The number of ether oxygens (including phenoxy) is 2. The molecule has 2 N–H and O–H groups in total. The minimum Gasteiger partial charge on any atom is -0.497 e. The Labute approximate surface area is 143 Å². The molecule has 0 fully saturated rings. The molecule has 1 heterocycles. The average molecular weight is 327 g/mol. The van der Waals surface area contributed by atoms with Crippen LogP contribution in [0.1, 0.15) is 30.0 Å². The van der Waals surface area contributed by atoms with Crippen LogP contribution >= 0.6 is 0 Å². The van der Waals surface area contributed by atoms with Crippen LogP contribution in [0.15, 0.2) is 48.5 Å². The van der Waals surface area contributed by atoms with Gasteiger partial charge in [-0.3, -0.25) is 0 Å². The number of aliphatic hydroxyl groups is 1. The van der Waals surface area contributed by atoms with Crippen LogP contribution in [0, 0.1) is 0 Å². The first-order valence-corrected chi connectivity index (χ1v) is 8.52. The number of aliphatic hydroxyl groups excluding tert-OH is 1. The average Bonchev–Trinajstić information content (AvgIpc) is 2.82. The topological polar surface area (TPSA) is 50.7 Å².